The minimum absolute atomic E-state index is 0.0454. The summed E-state index contributed by atoms with van der Waals surface area (Å²) in [6, 6.07) is 5.26. The first kappa shape index (κ1) is 20.5. The van der Waals surface area contributed by atoms with Crippen LogP contribution >= 0.6 is 0 Å². The summed E-state index contributed by atoms with van der Waals surface area (Å²) >= 11 is 0. The molecule has 0 saturated carbocycles. The molecule has 138 valence electrons. The van der Waals surface area contributed by atoms with E-state index in [9.17, 15) is 14.4 Å². The Kier molecular flexibility index (Phi) is 7.91. The molecule has 1 rings (SSSR count). The number of nitrogens with zero attached hydrogens (tertiary/aromatic N) is 1. The van der Waals surface area contributed by atoms with E-state index < -0.39 is 12.1 Å². The highest BCUT2D eigenvalue weighted by molar-refractivity contribution is 5.98. The monoisotopic (exact) mass is 348 g/mol. The van der Waals surface area contributed by atoms with E-state index in [-0.39, 0.29) is 17.7 Å². The Morgan fingerprint density at radius 3 is 2.08 bits per heavy atom. The standard InChI is InChI=1S/C18H28N4O3/c1-5-22(6-2)17(24)13-7-9-14(10-8-13)20-16(23)15(11-12(3)4)21-18(19)25/h7-10,12,15H,5-6,11H2,1-4H3,(H,20,23)(H3,19,21,25). The minimum Gasteiger partial charge on any atom is -0.352 e. The molecule has 1 atom stereocenters. The van der Waals surface area contributed by atoms with Gasteiger partial charge in [-0.2, -0.15) is 0 Å². The number of anilines is 1. The second-order valence-corrected chi connectivity index (χ2v) is 6.23. The van der Waals surface area contributed by atoms with Crippen molar-refractivity contribution in [1.82, 2.24) is 10.2 Å². The van der Waals surface area contributed by atoms with Crippen molar-refractivity contribution in [2.24, 2.45) is 11.7 Å². The number of hydrogen-bond acceptors (Lipinski definition) is 3. The van der Waals surface area contributed by atoms with Crippen LogP contribution in [0.25, 0.3) is 0 Å². The third kappa shape index (κ3) is 6.45. The molecule has 0 fully saturated rings. The average Bonchev–Trinajstić information content (AvgIpc) is 2.55. The first-order valence-corrected chi connectivity index (χ1v) is 8.54. The maximum Gasteiger partial charge on any atom is 0.312 e. The highest BCUT2D eigenvalue weighted by Gasteiger charge is 2.21. The van der Waals surface area contributed by atoms with E-state index in [0.717, 1.165) is 0 Å². The van der Waals surface area contributed by atoms with E-state index in [4.69, 9.17) is 5.73 Å². The Morgan fingerprint density at radius 1 is 1.08 bits per heavy atom. The van der Waals surface area contributed by atoms with Gasteiger partial charge in [-0.25, -0.2) is 4.79 Å². The van der Waals surface area contributed by atoms with Crippen LogP contribution in [0.2, 0.25) is 0 Å². The number of carbonyl (C=O) groups is 3. The fraction of sp³-hybridized carbons (Fsp3) is 0.500. The fourth-order valence-corrected chi connectivity index (χ4v) is 2.49. The second kappa shape index (κ2) is 9.66. The number of hydrogen-bond donors (Lipinski definition) is 3. The summed E-state index contributed by atoms with van der Waals surface area (Å²) in [5.74, 6) is -0.164. The number of benzene rings is 1. The van der Waals surface area contributed by atoms with Gasteiger partial charge in [-0.15, -0.1) is 0 Å². The van der Waals surface area contributed by atoms with Gasteiger partial charge in [-0.1, -0.05) is 13.8 Å². The fourth-order valence-electron chi connectivity index (χ4n) is 2.49. The number of nitrogens with one attached hydrogen (secondary N) is 2. The molecule has 1 aromatic carbocycles. The highest BCUT2D eigenvalue weighted by Crippen LogP contribution is 2.13. The maximum absolute atomic E-state index is 12.3. The molecule has 0 bridgehead atoms. The molecular formula is C18H28N4O3. The molecule has 0 aliphatic rings. The van der Waals surface area contributed by atoms with Crippen LogP contribution in [-0.2, 0) is 4.79 Å². The maximum atomic E-state index is 12.3. The topological polar surface area (TPSA) is 105 Å². The van der Waals surface area contributed by atoms with Gasteiger partial charge in [-0.05, 0) is 50.5 Å². The molecule has 1 aromatic rings. The summed E-state index contributed by atoms with van der Waals surface area (Å²) in [4.78, 5) is 37.4. The van der Waals surface area contributed by atoms with Gasteiger partial charge >= 0.3 is 6.03 Å². The van der Waals surface area contributed by atoms with Crippen molar-refractivity contribution in [1.29, 1.82) is 0 Å². The van der Waals surface area contributed by atoms with Gasteiger partial charge in [0.2, 0.25) is 5.91 Å². The summed E-state index contributed by atoms with van der Waals surface area (Å²) in [5, 5.41) is 5.20. The van der Waals surface area contributed by atoms with Crippen molar-refractivity contribution in [3.8, 4) is 0 Å². The number of rotatable bonds is 8. The van der Waals surface area contributed by atoms with E-state index in [1.807, 2.05) is 27.7 Å². The Hall–Kier alpha value is -2.57. The Labute approximate surface area is 148 Å². The van der Waals surface area contributed by atoms with Gasteiger partial charge in [0, 0.05) is 24.3 Å². The van der Waals surface area contributed by atoms with Gasteiger partial charge in [0.1, 0.15) is 6.04 Å². The predicted molar refractivity (Wildman–Crippen MR) is 98.3 cm³/mol. The second-order valence-electron chi connectivity index (χ2n) is 6.23. The van der Waals surface area contributed by atoms with Gasteiger partial charge in [-0.3, -0.25) is 9.59 Å². The van der Waals surface area contributed by atoms with Crippen LogP contribution in [0, 0.1) is 5.92 Å². The van der Waals surface area contributed by atoms with E-state index in [1.54, 1.807) is 29.2 Å². The lowest BCUT2D eigenvalue weighted by atomic mass is 10.0. The van der Waals surface area contributed by atoms with Gasteiger partial charge < -0.3 is 21.3 Å². The zero-order chi connectivity index (χ0) is 19.0. The van der Waals surface area contributed by atoms with Crippen molar-refractivity contribution in [3.05, 3.63) is 29.8 Å². The lowest BCUT2D eigenvalue weighted by molar-refractivity contribution is -0.118. The van der Waals surface area contributed by atoms with Crippen LogP contribution in [-0.4, -0.2) is 41.9 Å². The lowest BCUT2D eigenvalue weighted by Crippen LogP contribution is -2.46. The summed E-state index contributed by atoms with van der Waals surface area (Å²) in [6.07, 6.45) is 0.479. The normalized spacial score (nSPS) is 11.7. The largest absolute Gasteiger partial charge is 0.352 e. The molecular weight excluding hydrogens is 320 g/mol. The molecule has 0 aliphatic heterocycles. The summed E-state index contributed by atoms with van der Waals surface area (Å²) in [5.41, 5.74) is 6.26. The van der Waals surface area contributed by atoms with Crippen LogP contribution in [0.5, 0.6) is 0 Å². The van der Waals surface area contributed by atoms with Crippen molar-refractivity contribution in [2.75, 3.05) is 18.4 Å². The quantitative estimate of drug-likeness (QED) is 0.670. The van der Waals surface area contributed by atoms with Crippen LogP contribution in [0.4, 0.5) is 10.5 Å². The zero-order valence-electron chi connectivity index (χ0n) is 15.3. The van der Waals surface area contributed by atoms with Crippen molar-refractivity contribution in [3.63, 3.8) is 0 Å². The molecule has 0 aliphatic carbocycles. The predicted octanol–water partition coefficient (Wildman–Crippen LogP) is 2.19. The SMILES string of the molecule is CCN(CC)C(=O)c1ccc(NC(=O)C(CC(C)C)NC(N)=O)cc1. The minimum atomic E-state index is -0.735. The number of primary amides is 1. The molecule has 1 unspecified atom stereocenters. The summed E-state index contributed by atoms with van der Waals surface area (Å²) in [6.45, 7) is 9.05. The lowest BCUT2D eigenvalue weighted by Gasteiger charge is -2.20. The highest BCUT2D eigenvalue weighted by atomic mass is 16.2. The number of amides is 4. The third-order valence-electron chi connectivity index (χ3n) is 3.79. The molecule has 7 nitrogen and oxygen atoms in total. The molecule has 0 heterocycles. The summed E-state index contributed by atoms with van der Waals surface area (Å²) in [7, 11) is 0. The number of nitrogens with two attached hydrogens (primary N) is 1. The molecule has 0 aromatic heterocycles. The molecule has 0 radical (unpaired) electrons. The average molecular weight is 348 g/mol. The Morgan fingerprint density at radius 2 is 1.64 bits per heavy atom. The molecule has 0 saturated heterocycles. The molecule has 7 heteroatoms. The van der Waals surface area contributed by atoms with Crippen LogP contribution in [0.3, 0.4) is 0 Å². The van der Waals surface area contributed by atoms with E-state index in [1.165, 1.54) is 0 Å². The van der Waals surface area contributed by atoms with Crippen LogP contribution in [0.15, 0.2) is 24.3 Å². The van der Waals surface area contributed by atoms with E-state index in [0.29, 0.717) is 30.8 Å². The van der Waals surface area contributed by atoms with Gasteiger partial charge in [0.25, 0.3) is 5.91 Å². The van der Waals surface area contributed by atoms with E-state index in [2.05, 4.69) is 10.6 Å². The smallest absolute Gasteiger partial charge is 0.312 e. The molecule has 25 heavy (non-hydrogen) atoms. The number of carbonyl (C=O) groups excluding carboxylic acids is 3. The number of urea groups is 1. The zero-order valence-corrected chi connectivity index (χ0v) is 15.3. The Balaban J connectivity index is 2.80. The van der Waals surface area contributed by atoms with Crippen LogP contribution < -0.4 is 16.4 Å². The van der Waals surface area contributed by atoms with Crippen molar-refractivity contribution >= 4 is 23.5 Å². The molecule has 0 spiro atoms. The molecule has 4 amide bonds. The third-order valence-corrected chi connectivity index (χ3v) is 3.79. The van der Waals surface area contributed by atoms with Crippen molar-refractivity contribution in [2.45, 2.75) is 40.2 Å². The van der Waals surface area contributed by atoms with Crippen molar-refractivity contribution < 1.29 is 14.4 Å². The van der Waals surface area contributed by atoms with Gasteiger partial charge in [0.15, 0.2) is 0 Å². The van der Waals surface area contributed by atoms with E-state index >= 15 is 0 Å². The summed E-state index contributed by atoms with van der Waals surface area (Å²) < 4.78 is 0. The Bertz CT molecular complexity index is 595. The first-order valence-electron chi connectivity index (χ1n) is 8.54. The van der Waals surface area contributed by atoms with Crippen LogP contribution in [0.1, 0.15) is 44.5 Å². The van der Waals surface area contributed by atoms with Gasteiger partial charge in [0.05, 0.1) is 0 Å². The molecule has 4 N–H and O–H groups in total. The first-order chi connectivity index (χ1) is 11.8.